The number of anilines is 2. The van der Waals surface area contributed by atoms with Crippen molar-refractivity contribution in [1.82, 2.24) is 4.90 Å². The van der Waals surface area contributed by atoms with E-state index >= 15 is 0 Å². The van der Waals surface area contributed by atoms with Crippen LogP contribution in [0.15, 0.2) is 71.3 Å². The van der Waals surface area contributed by atoms with E-state index in [1.807, 2.05) is 19.1 Å². The van der Waals surface area contributed by atoms with E-state index in [4.69, 9.17) is 16.0 Å². The van der Waals surface area contributed by atoms with Crippen LogP contribution in [-0.4, -0.2) is 23.9 Å². The molecule has 144 valence electrons. The van der Waals surface area contributed by atoms with Crippen LogP contribution in [0.4, 0.5) is 16.2 Å². The summed E-state index contributed by atoms with van der Waals surface area (Å²) in [4.78, 5) is 26.3. The lowest BCUT2D eigenvalue weighted by Gasteiger charge is -2.25. The molecule has 0 spiro atoms. The second-order valence-corrected chi connectivity index (χ2v) is 6.72. The Bertz CT molecular complexity index is 955. The molecule has 2 aromatic carbocycles. The predicted molar refractivity (Wildman–Crippen MR) is 110 cm³/mol. The number of amides is 3. The minimum atomic E-state index is -0.359. The first-order chi connectivity index (χ1) is 13.4. The number of carbonyl (C=O) groups is 2. The maximum absolute atomic E-state index is 12.6. The van der Waals surface area contributed by atoms with Crippen molar-refractivity contribution in [3.8, 4) is 0 Å². The summed E-state index contributed by atoms with van der Waals surface area (Å²) in [6.45, 7) is 1.93. The highest BCUT2D eigenvalue weighted by molar-refractivity contribution is 6.30. The van der Waals surface area contributed by atoms with Crippen molar-refractivity contribution in [2.24, 2.45) is 0 Å². The van der Waals surface area contributed by atoms with Gasteiger partial charge in [-0.15, -0.1) is 0 Å². The van der Waals surface area contributed by atoms with Crippen molar-refractivity contribution in [3.05, 3.63) is 83.3 Å². The summed E-state index contributed by atoms with van der Waals surface area (Å²) in [6.07, 6.45) is 1.43. The van der Waals surface area contributed by atoms with E-state index in [-0.39, 0.29) is 23.7 Å². The molecular weight excluding hydrogens is 378 g/mol. The third-order valence-electron chi connectivity index (χ3n) is 4.37. The Labute approximate surface area is 168 Å². The molecule has 7 heteroatoms. The van der Waals surface area contributed by atoms with Crippen LogP contribution in [0.3, 0.4) is 0 Å². The van der Waals surface area contributed by atoms with Crippen molar-refractivity contribution < 1.29 is 14.0 Å². The molecular formula is C21H20ClN3O3. The largest absolute Gasteiger partial charge is 0.459 e. The predicted octanol–water partition coefficient (Wildman–Crippen LogP) is 5.41. The van der Waals surface area contributed by atoms with Crippen LogP contribution < -0.4 is 10.6 Å². The summed E-state index contributed by atoms with van der Waals surface area (Å²) in [5.74, 6) is -0.145. The van der Waals surface area contributed by atoms with Crippen LogP contribution in [0.25, 0.3) is 0 Å². The van der Waals surface area contributed by atoms with Crippen LogP contribution in [-0.2, 0) is 0 Å². The molecule has 1 aromatic heterocycles. The number of urea groups is 1. The van der Waals surface area contributed by atoms with Crippen molar-refractivity contribution in [3.63, 3.8) is 0 Å². The van der Waals surface area contributed by atoms with E-state index in [9.17, 15) is 9.59 Å². The number of carbonyl (C=O) groups excluding carboxylic acids is 2. The smallest absolute Gasteiger partial charge is 0.322 e. The molecule has 0 aliphatic carbocycles. The Hall–Kier alpha value is -3.25. The molecule has 0 radical (unpaired) electrons. The average molecular weight is 398 g/mol. The van der Waals surface area contributed by atoms with Crippen LogP contribution in [0.2, 0.25) is 5.02 Å². The van der Waals surface area contributed by atoms with Crippen LogP contribution in [0.1, 0.15) is 29.1 Å². The molecule has 1 heterocycles. The minimum Gasteiger partial charge on any atom is -0.459 e. The topological polar surface area (TPSA) is 74.6 Å². The molecule has 0 aliphatic rings. The molecule has 0 saturated heterocycles. The van der Waals surface area contributed by atoms with Gasteiger partial charge in [0.15, 0.2) is 5.76 Å². The van der Waals surface area contributed by atoms with Gasteiger partial charge in [0.05, 0.1) is 12.3 Å². The van der Waals surface area contributed by atoms with E-state index in [2.05, 4.69) is 10.6 Å². The highest BCUT2D eigenvalue weighted by Crippen LogP contribution is 2.22. The van der Waals surface area contributed by atoms with Crippen LogP contribution in [0, 0.1) is 0 Å². The molecule has 3 amide bonds. The monoisotopic (exact) mass is 397 g/mol. The molecule has 0 aliphatic heterocycles. The zero-order valence-electron chi connectivity index (χ0n) is 15.5. The molecule has 28 heavy (non-hydrogen) atoms. The third kappa shape index (κ3) is 4.72. The van der Waals surface area contributed by atoms with Crippen LogP contribution >= 0.6 is 11.6 Å². The summed E-state index contributed by atoms with van der Waals surface area (Å²) in [5, 5.41) is 6.22. The Morgan fingerprint density at radius 3 is 2.32 bits per heavy atom. The maximum Gasteiger partial charge on any atom is 0.322 e. The second kappa shape index (κ2) is 8.63. The van der Waals surface area contributed by atoms with Gasteiger partial charge in [-0.05, 0) is 55.0 Å². The first-order valence-corrected chi connectivity index (χ1v) is 9.06. The summed E-state index contributed by atoms with van der Waals surface area (Å²) >= 11 is 5.92. The normalized spacial score (nSPS) is 11.5. The summed E-state index contributed by atoms with van der Waals surface area (Å²) < 4.78 is 5.07. The van der Waals surface area contributed by atoms with Gasteiger partial charge < -0.3 is 20.0 Å². The SMILES string of the molecule is C[C@H](c1ccc(Cl)cc1)N(C)C(=O)Nc1cccc(NC(=O)c2ccco2)c1. The number of furan rings is 1. The number of halogens is 1. The Morgan fingerprint density at radius 2 is 1.68 bits per heavy atom. The fraction of sp³-hybridized carbons (Fsp3) is 0.143. The van der Waals surface area contributed by atoms with E-state index < -0.39 is 0 Å². The zero-order valence-corrected chi connectivity index (χ0v) is 16.2. The molecule has 0 unspecified atom stereocenters. The van der Waals surface area contributed by atoms with E-state index in [1.165, 1.54) is 6.26 Å². The van der Waals surface area contributed by atoms with E-state index in [0.29, 0.717) is 16.4 Å². The quantitative estimate of drug-likeness (QED) is 0.604. The average Bonchev–Trinajstić information content (AvgIpc) is 3.22. The highest BCUT2D eigenvalue weighted by atomic mass is 35.5. The van der Waals surface area contributed by atoms with Gasteiger partial charge in [-0.25, -0.2) is 4.79 Å². The van der Waals surface area contributed by atoms with Crippen molar-refractivity contribution in [2.75, 3.05) is 17.7 Å². The number of nitrogens with one attached hydrogen (secondary N) is 2. The molecule has 3 rings (SSSR count). The van der Waals surface area contributed by atoms with Gasteiger partial charge in [-0.1, -0.05) is 29.8 Å². The Morgan fingerprint density at radius 1 is 1.00 bits per heavy atom. The molecule has 0 bridgehead atoms. The van der Waals surface area contributed by atoms with E-state index in [1.54, 1.807) is 60.5 Å². The van der Waals surface area contributed by atoms with Gasteiger partial charge >= 0.3 is 6.03 Å². The van der Waals surface area contributed by atoms with Crippen molar-refractivity contribution in [1.29, 1.82) is 0 Å². The molecule has 3 aromatic rings. The first kappa shape index (κ1) is 19.5. The van der Waals surface area contributed by atoms with Crippen LogP contribution in [0.5, 0.6) is 0 Å². The zero-order chi connectivity index (χ0) is 20.1. The molecule has 0 saturated carbocycles. The van der Waals surface area contributed by atoms with Gasteiger partial charge in [0.2, 0.25) is 0 Å². The van der Waals surface area contributed by atoms with Gasteiger partial charge in [-0.2, -0.15) is 0 Å². The van der Waals surface area contributed by atoms with Gasteiger partial charge in [0.1, 0.15) is 0 Å². The lowest BCUT2D eigenvalue weighted by atomic mass is 10.1. The highest BCUT2D eigenvalue weighted by Gasteiger charge is 2.18. The minimum absolute atomic E-state index is 0.140. The van der Waals surface area contributed by atoms with Crippen molar-refractivity contribution in [2.45, 2.75) is 13.0 Å². The standard InChI is InChI=1S/C21H20ClN3O3/c1-14(15-8-10-16(22)11-9-15)25(2)21(27)24-18-6-3-5-17(13-18)23-20(26)19-7-4-12-28-19/h3-14H,1-2H3,(H,23,26)(H,24,27)/t14-/m1/s1. The summed E-state index contributed by atoms with van der Waals surface area (Å²) in [6, 6.07) is 17.1. The molecule has 2 N–H and O–H groups in total. The fourth-order valence-corrected chi connectivity index (χ4v) is 2.75. The lowest BCUT2D eigenvalue weighted by Crippen LogP contribution is -2.33. The Balaban J connectivity index is 1.65. The third-order valence-corrected chi connectivity index (χ3v) is 4.62. The van der Waals surface area contributed by atoms with Crippen molar-refractivity contribution >= 4 is 34.9 Å². The number of hydrogen-bond donors (Lipinski definition) is 2. The van der Waals surface area contributed by atoms with Gasteiger partial charge in [0, 0.05) is 23.4 Å². The number of benzene rings is 2. The van der Waals surface area contributed by atoms with Gasteiger partial charge in [0.25, 0.3) is 5.91 Å². The summed E-state index contributed by atoms with van der Waals surface area (Å²) in [7, 11) is 1.72. The molecule has 1 atom stereocenters. The number of rotatable bonds is 5. The first-order valence-electron chi connectivity index (χ1n) is 8.68. The molecule has 0 fully saturated rings. The second-order valence-electron chi connectivity index (χ2n) is 6.28. The molecule has 6 nitrogen and oxygen atoms in total. The Kier molecular flexibility index (Phi) is 6.01. The number of hydrogen-bond acceptors (Lipinski definition) is 3. The summed E-state index contributed by atoms with van der Waals surface area (Å²) in [5.41, 5.74) is 2.09. The van der Waals surface area contributed by atoms with E-state index in [0.717, 1.165) is 5.56 Å². The maximum atomic E-state index is 12.6. The fourth-order valence-electron chi connectivity index (χ4n) is 2.63. The number of nitrogens with zero attached hydrogens (tertiary/aromatic N) is 1. The lowest BCUT2D eigenvalue weighted by molar-refractivity contribution is 0.0996. The van der Waals surface area contributed by atoms with Gasteiger partial charge in [-0.3, -0.25) is 4.79 Å².